The predicted octanol–water partition coefficient (Wildman–Crippen LogP) is -0.172. The highest BCUT2D eigenvalue weighted by Gasteiger charge is 2.18. The first-order valence-electron chi connectivity index (χ1n) is 6.95. The second-order valence-corrected chi connectivity index (χ2v) is 4.73. The molecule has 0 saturated heterocycles. The number of nitrogens with zero attached hydrogens (tertiary/aromatic N) is 4. The number of rotatable bonds is 5. The molecule has 2 aromatic rings. The Morgan fingerprint density at radius 2 is 1.80 bits per heavy atom. The third kappa shape index (κ3) is 2.07. The minimum Gasteiger partial charge on any atom is -0.330 e. The molecule has 2 aromatic heterocycles. The summed E-state index contributed by atoms with van der Waals surface area (Å²) in [6.45, 7) is 5.09. The maximum atomic E-state index is 12.4. The Morgan fingerprint density at radius 1 is 1.15 bits per heavy atom. The fourth-order valence-electron chi connectivity index (χ4n) is 2.46. The normalized spacial score (nSPS) is 11.4. The zero-order valence-corrected chi connectivity index (χ0v) is 12.2. The van der Waals surface area contributed by atoms with E-state index in [9.17, 15) is 9.59 Å². The Kier molecular flexibility index (Phi) is 4.08. The fourth-order valence-corrected chi connectivity index (χ4v) is 2.46. The van der Waals surface area contributed by atoms with Crippen LogP contribution in [0.3, 0.4) is 0 Å². The molecule has 2 N–H and O–H groups in total. The van der Waals surface area contributed by atoms with Crippen molar-refractivity contribution < 1.29 is 0 Å². The minimum atomic E-state index is -0.295. The van der Waals surface area contributed by atoms with Crippen LogP contribution in [0.2, 0.25) is 0 Å². The molecular weight excluding hydrogens is 258 g/mol. The second kappa shape index (κ2) is 5.62. The van der Waals surface area contributed by atoms with Crippen LogP contribution >= 0.6 is 0 Å². The Balaban J connectivity index is 2.83. The van der Waals surface area contributed by atoms with E-state index in [2.05, 4.69) is 4.98 Å². The lowest BCUT2D eigenvalue weighted by molar-refractivity contribution is 0.604. The molecule has 0 aliphatic carbocycles. The molecule has 0 aromatic carbocycles. The summed E-state index contributed by atoms with van der Waals surface area (Å²) in [6, 6.07) is 0. The molecule has 0 fully saturated rings. The van der Waals surface area contributed by atoms with Gasteiger partial charge in [0, 0.05) is 26.6 Å². The van der Waals surface area contributed by atoms with Crippen LogP contribution in [0.1, 0.15) is 26.1 Å². The molecule has 20 heavy (non-hydrogen) atoms. The van der Waals surface area contributed by atoms with Gasteiger partial charge in [0.05, 0.1) is 0 Å². The summed E-state index contributed by atoms with van der Waals surface area (Å²) in [5.41, 5.74) is 5.91. The molecule has 0 bridgehead atoms. The number of aryl methyl sites for hydroxylation is 3. The molecule has 0 atom stereocenters. The van der Waals surface area contributed by atoms with Crippen LogP contribution in [0.15, 0.2) is 9.59 Å². The van der Waals surface area contributed by atoms with Crippen molar-refractivity contribution in [1.82, 2.24) is 18.7 Å². The van der Waals surface area contributed by atoms with Crippen LogP contribution in [-0.4, -0.2) is 25.2 Å². The van der Waals surface area contributed by atoms with Gasteiger partial charge in [-0.15, -0.1) is 0 Å². The Bertz CT molecular complexity index is 738. The second-order valence-electron chi connectivity index (χ2n) is 4.73. The molecule has 7 heteroatoms. The van der Waals surface area contributed by atoms with E-state index in [1.165, 1.54) is 4.57 Å². The lowest BCUT2D eigenvalue weighted by Gasteiger charge is -2.08. The average Bonchev–Trinajstić information content (AvgIpc) is 2.75. The SMILES string of the molecule is CCn1c(=O)c2c(nc(CCCN)n2C)n(CC)c1=O. The van der Waals surface area contributed by atoms with Crippen molar-refractivity contribution in [3.8, 4) is 0 Å². The van der Waals surface area contributed by atoms with Gasteiger partial charge in [0.25, 0.3) is 5.56 Å². The maximum absolute atomic E-state index is 12.4. The predicted molar refractivity (Wildman–Crippen MR) is 78.0 cm³/mol. The zero-order chi connectivity index (χ0) is 14.9. The number of fused-ring (bicyclic) bond motifs is 1. The van der Waals surface area contributed by atoms with Crippen LogP contribution in [0, 0.1) is 0 Å². The van der Waals surface area contributed by atoms with Gasteiger partial charge < -0.3 is 10.3 Å². The van der Waals surface area contributed by atoms with Gasteiger partial charge in [0.15, 0.2) is 11.2 Å². The topological polar surface area (TPSA) is 87.8 Å². The van der Waals surface area contributed by atoms with Crippen molar-refractivity contribution in [2.75, 3.05) is 6.54 Å². The summed E-state index contributed by atoms with van der Waals surface area (Å²) in [4.78, 5) is 29.2. The van der Waals surface area contributed by atoms with E-state index in [0.29, 0.717) is 37.2 Å². The van der Waals surface area contributed by atoms with Crippen LogP contribution in [-0.2, 0) is 26.6 Å². The van der Waals surface area contributed by atoms with Gasteiger partial charge in [-0.1, -0.05) is 0 Å². The molecule has 0 unspecified atom stereocenters. The molecule has 0 amide bonds. The van der Waals surface area contributed by atoms with E-state index in [1.807, 2.05) is 14.0 Å². The summed E-state index contributed by atoms with van der Waals surface area (Å²) in [7, 11) is 1.81. The Hall–Kier alpha value is -1.89. The first kappa shape index (κ1) is 14.5. The smallest absolute Gasteiger partial charge is 0.330 e. The highest BCUT2D eigenvalue weighted by atomic mass is 16.2. The molecule has 2 rings (SSSR count). The number of imidazole rings is 1. The van der Waals surface area contributed by atoms with E-state index >= 15 is 0 Å². The van der Waals surface area contributed by atoms with E-state index in [-0.39, 0.29) is 11.2 Å². The van der Waals surface area contributed by atoms with Gasteiger partial charge in [0.1, 0.15) is 5.82 Å². The number of hydrogen-bond donors (Lipinski definition) is 1. The zero-order valence-electron chi connectivity index (χ0n) is 12.2. The number of nitrogens with two attached hydrogens (primary N) is 1. The van der Waals surface area contributed by atoms with Crippen LogP contribution in [0.5, 0.6) is 0 Å². The van der Waals surface area contributed by atoms with Gasteiger partial charge in [-0.25, -0.2) is 9.78 Å². The van der Waals surface area contributed by atoms with E-state index < -0.39 is 0 Å². The van der Waals surface area contributed by atoms with Crippen molar-refractivity contribution in [2.24, 2.45) is 12.8 Å². The van der Waals surface area contributed by atoms with Gasteiger partial charge in [-0.3, -0.25) is 13.9 Å². The third-order valence-corrected chi connectivity index (χ3v) is 3.57. The highest BCUT2D eigenvalue weighted by Crippen LogP contribution is 2.11. The quantitative estimate of drug-likeness (QED) is 0.823. The van der Waals surface area contributed by atoms with Crippen molar-refractivity contribution in [1.29, 1.82) is 0 Å². The van der Waals surface area contributed by atoms with E-state index in [1.54, 1.807) is 16.1 Å². The average molecular weight is 279 g/mol. The molecule has 0 aliphatic rings. The molecule has 0 saturated carbocycles. The number of aromatic nitrogens is 4. The van der Waals surface area contributed by atoms with Crippen LogP contribution in [0.4, 0.5) is 0 Å². The molecule has 7 nitrogen and oxygen atoms in total. The Morgan fingerprint density at radius 3 is 2.35 bits per heavy atom. The van der Waals surface area contributed by atoms with E-state index in [4.69, 9.17) is 5.73 Å². The first-order chi connectivity index (χ1) is 9.56. The Labute approximate surface area is 116 Å². The van der Waals surface area contributed by atoms with Crippen molar-refractivity contribution >= 4 is 11.2 Å². The molecule has 0 aliphatic heterocycles. The third-order valence-electron chi connectivity index (χ3n) is 3.57. The molecule has 0 radical (unpaired) electrons. The molecule has 110 valence electrons. The van der Waals surface area contributed by atoms with Gasteiger partial charge >= 0.3 is 5.69 Å². The molecular formula is C13H21N5O2. The first-order valence-corrected chi connectivity index (χ1v) is 6.95. The fraction of sp³-hybridized carbons (Fsp3) is 0.615. The molecule has 2 heterocycles. The summed E-state index contributed by atoms with van der Waals surface area (Å²) in [5, 5.41) is 0. The van der Waals surface area contributed by atoms with Crippen molar-refractivity contribution in [2.45, 2.75) is 39.8 Å². The van der Waals surface area contributed by atoms with Gasteiger partial charge in [-0.05, 0) is 26.8 Å². The molecule has 0 spiro atoms. The maximum Gasteiger partial charge on any atom is 0.332 e. The largest absolute Gasteiger partial charge is 0.332 e. The van der Waals surface area contributed by atoms with Crippen LogP contribution in [0.25, 0.3) is 11.2 Å². The monoisotopic (exact) mass is 279 g/mol. The minimum absolute atomic E-state index is 0.272. The summed E-state index contributed by atoms with van der Waals surface area (Å²) < 4.78 is 4.58. The lowest BCUT2D eigenvalue weighted by atomic mass is 10.3. The summed E-state index contributed by atoms with van der Waals surface area (Å²) in [5.74, 6) is 0.790. The number of hydrogen-bond acceptors (Lipinski definition) is 4. The lowest BCUT2D eigenvalue weighted by Crippen LogP contribution is -2.39. The van der Waals surface area contributed by atoms with Crippen molar-refractivity contribution in [3.05, 3.63) is 26.7 Å². The summed E-state index contributed by atoms with van der Waals surface area (Å²) in [6.07, 6.45) is 1.50. The van der Waals surface area contributed by atoms with Gasteiger partial charge in [-0.2, -0.15) is 0 Å². The summed E-state index contributed by atoms with van der Waals surface area (Å²) >= 11 is 0. The standard InChI is InChI=1S/C13H21N5O2/c1-4-17-11-10(12(19)18(5-2)13(17)20)16(3)9(15-11)7-6-8-14/h4-8,14H2,1-3H3. The highest BCUT2D eigenvalue weighted by molar-refractivity contribution is 5.71. The van der Waals surface area contributed by atoms with Gasteiger partial charge in [0.2, 0.25) is 0 Å². The van der Waals surface area contributed by atoms with Crippen LogP contribution < -0.4 is 17.0 Å². The van der Waals surface area contributed by atoms with Crippen molar-refractivity contribution in [3.63, 3.8) is 0 Å². The van der Waals surface area contributed by atoms with E-state index in [0.717, 1.165) is 12.2 Å².